The van der Waals surface area contributed by atoms with Crippen LogP contribution in [0, 0.1) is 0 Å². The molecule has 0 saturated heterocycles. The normalized spacial score (nSPS) is 12.0. The van der Waals surface area contributed by atoms with Crippen molar-refractivity contribution in [2.75, 3.05) is 0 Å². The van der Waals surface area contributed by atoms with E-state index < -0.39 is 0 Å². The SMILES string of the molecule is c1ccc2cc(-c3nc(-c4ccc(-c5cc6c(sc7ccc8ccccc8c76)c6nc7c8ccccc8ccc7n56)cc4)nc(-c4ccc5ccccc5c4)n3)ccc2c1. The van der Waals surface area contributed by atoms with E-state index in [1.807, 2.05) is 11.3 Å². The average Bonchev–Trinajstić information content (AvgIpc) is 3.91. The van der Waals surface area contributed by atoms with E-state index >= 15 is 0 Å². The van der Waals surface area contributed by atoms with Crippen LogP contribution in [0.25, 0.3) is 125 Å². The summed E-state index contributed by atoms with van der Waals surface area (Å²) in [6, 6.07) is 66.8. The number of hydrogen-bond donors (Lipinski definition) is 0. The second kappa shape index (κ2) is 12.9. The van der Waals surface area contributed by atoms with Gasteiger partial charge >= 0.3 is 0 Å². The predicted octanol–water partition coefficient (Wildman–Crippen LogP) is 14.3. The highest BCUT2D eigenvalue weighted by molar-refractivity contribution is 7.26. The maximum Gasteiger partial charge on any atom is 0.164 e. The third kappa shape index (κ3) is 5.11. The van der Waals surface area contributed by atoms with Gasteiger partial charge in [-0.15, -0.1) is 11.3 Å². The summed E-state index contributed by atoms with van der Waals surface area (Å²) in [5.74, 6) is 1.90. The standard InChI is InChI=1S/C54H31N5S/c1-3-13-38-29-40(23-17-32(38)9-1)52-56-51(57-53(58-52)41-24-18-33-10-2-4-14-39(33)30-41)37-21-19-36(20-22-37)46-31-44-48-42-15-7-5-11-34(42)26-28-47(48)60-50(44)54-55-49-43-16-8-6-12-35(43)25-27-45(49)59(46)54/h1-31H. The fourth-order valence-corrected chi connectivity index (χ4v) is 10.2. The molecule has 13 rings (SSSR count). The number of nitrogens with zero attached hydrogens (tertiary/aromatic N) is 5. The van der Waals surface area contributed by atoms with Gasteiger partial charge in [-0.2, -0.15) is 0 Å². The molecule has 6 heteroatoms. The van der Waals surface area contributed by atoms with E-state index in [-0.39, 0.29) is 0 Å². The van der Waals surface area contributed by atoms with Crippen molar-refractivity contribution >= 4 is 91.3 Å². The minimum atomic E-state index is 0.623. The van der Waals surface area contributed by atoms with E-state index in [9.17, 15) is 0 Å². The Bertz CT molecular complexity index is 3800. The third-order valence-corrected chi connectivity index (χ3v) is 13.1. The van der Waals surface area contributed by atoms with Crippen LogP contribution in [0.4, 0.5) is 0 Å². The molecule has 4 aromatic heterocycles. The Balaban J connectivity index is 1.02. The summed E-state index contributed by atoms with van der Waals surface area (Å²) in [5.41, 5.74) is 8.04. The molecule has 9 aromatic carbocycles. The smallest absolute Gasteiger partial charge is 0.164 e. The highest BCUT2D eigenvalue weighted by Crippen LogP contribution is 2.44. The molecule has 0 spiro atoms. The largest absolute Gasteiger partial charge is 0.291 e. The first-order valence-corrected chi connectivity index (χ1v) is 20.9. The van der Waals surface area contributed by atoms with Crippen molar-refractivity contribution in [2.24, 2.45) is 0 Å². The lowest BCUT2D eigenvalue weighted by molar-refractivity contribution is 1.07. The first kappa shape index (κ1) is 33.2. The first-order valence-electron chi connectivity index (χ1n) is 20.1. The molecule has 0 unspecified atom stereocenters. The van der Waals surface area contributed by atoms with Crippen LogP contribution in [0.1, 0.15) is 0 Å². The molecule has 0 amide bonds. The van der Waals surface area contributed by atoms with Gasteiger partial charge in [-0.3, -0.25) is 4.40 Å². The number of benzene rings is 9. The van der Waals surface area contributed by atoms with Gasteiger partial charge in [0.2, 0.25) is 0 Å². The van der Waals surface area contributed by atoms with E-state index in [2.05, 4.69) is 192 Å². The molecule has 4 heterocycles. The number of fused-ring (bicyclic) bond motifs is 13. The predicted molar refractivity (Wildman–Crippen MR) is 251 cm³/mol. The minimum Gasteiger partial charge on any atom is -0.291 e. The van der Waals surface area contributed by atoms with Gasteiger partial charge in [-0.25, -0.2) is 19.9 Å². The zero-order valence-corrected chi connectivity index (χ0v) is 32.9. The molecule has 0 bridgehead atoms. The molecule has 60 heavy (non-hydrogen) atoms. The second-order valence-corrected chi connectivity index (χ2v) is 16.5. The lowest BCUT2D eigenvalue weighted by atomic mass is 10.0. The number of imidazole rings is 1. The van der Waals surface area contributed by atoms with E-state index in [1.165, 1.54) is 47.1 Å². The van der Waals surface area contributed by atoms with Crippen molar-refractivity contribution in [1.82, 2.24) is 24.3 Å². The van der Waals surface area contributed by atoms with Crippen molar-refractivity contribution in [3.8, 4) is 45.4 Å². The summed E-state index contributed by atoms with van der Waals surface area (Å²) in [6.45, 7) is 0. The molecular weight excluding hydrogens is 751 g/mol. The summed E-state index contributed by atoms with van der Waals surface area (Å²) in [4.78, 5) is 20.8. The second-order valence-electron chi connectivity index (χ2n) is 15.5. The van der Waals surface area contributed by atoms with Crippen LogP contribution in [0.3, 0.4) is 0 Å². The summed E-state index contributed by atoms with van der Waals surface area (Å²) in [5, 5.41) is 12.0. The Morgan fingerprint density at radius 1 is 0.367 bits per heavy atom. The molecule has 0 aliphatic carbocycles. The fraction of sp³-hybridized carbons (Fsp3) is 0. The summed E-state index contributed by atoms with van der Waals surface area (Å²) >= 11 is 1.82. The Morgan fingerprint density at radius 2 is 0.867 bits per heavy atom. The van der Waals surface area contributed by atoms with Gasteiger partial charge < -0.3 is 0 Å². The minimum absolute atomic E-state index is 0.623. The number of aromatic nitrogens is 5. The quantitative estimate of drug-likeness (QED) is 0.178. The van der Waals surface area contributed by atoms with Crippen molar-refractivity contribution in [3.63, 3.8) is 0 Å². The summed E-state index contributed by atoms with van der Waals surface area (Å²) < 4.78 is 4.80. The molecule has 0 saturated carbocycles. The van der Waals surface area contributed by atoms with Gasteiger partial charge in [0.25, 0.3) is 0 Å². The average molecular weight is 782 g/mol. The molecule has 0 aliphatic heterocycles. The monoisotopic (exact) mass is 781 g/mol. The topological polar surface area (TPSA) is 56.0 Å². The van der Waals surface area contributed by atoms with Gasteiger partial charge in [0.15, 0.2) is 23.1 Å². The molecular formula is C54H31N5S. The number of hydrogen-bond acceptors (Lipinski definition) is 5. The van der Waals surface area contributed by atoms with Crippen molar-refractivity contribution in [2.45, 2.75) is 0 Å². The Morgan fingerprint density at radius 3 is 1.53 bits per heavy atom. The van der Waals surface area contributed by atoms with Crippen LogP contribution in [-0.4, -0.2) is 24.3 Å². The molecule has 0 fully saturated rings. The lowest BCUT2D eigenvalue weighted by Gasteiger charge is -2.12. The van der Waals surface area contributed by atoms with Crippen molar-refractivity contribution in [1.29, 1.82) is 0 Å². The molecule has 0 N–H and O–H groups in total. The molecule has 13 aromatic rings. The van der Waals surface area contributed by atoms with Crippen LogP contribution in [0.15, 0.2) is 188 Å². The van der Waals surface area contributed by atoms with Crippen LogP contribution in [0.2, 0.25) is 0 Å². The molecule has 0 atom stereocenters. The van der Waals surface area contributed by atoms with E-state index in [0.717, 1.165) is 60.8 Å². The molecule has 278 valence electrons. The first-order chi connectivity index (χ1) is 29.7. The molecule has 0 aliphatic rings. The molecule has 5 nitrogen and oxygen atoms in total. The van der Waals surface area contributed by atoms with Gasteiger partial charge in [0.1, 0.15) is 0 Å². The van der Waals surface area contributed by atoms with Gasteiger partial charge in [0, 0.05) is 37.5 Å². The molecule has 0 radical (unpaired) electrons. The van der Waals surface area contributed by atoms with Crippen molar-refractivity contribution < 1.29 is 0 Å². The number of pyridine rings is 1. The maximum atomic E-state index is 5.46. The third-order valence-electron chi connectivity index (χ3n) is 12.0. The zero-order valence-electron chi connectivity index (χ0n) is 32.0. The number of thiophene rings is 1. The fourth-order valence-electron chi connectivity index (χ4n) is 9.03. The summed E-state index contributed by atoms with van der Waals surface area (Å²) in [6.07, 6.45) is 0. The van der Waals surface area contributed by atoms with E-state index in [4.69, 9.17) is 19.9 Å². The van der Waals surface area contributed by atoms with Crippen molar-refractivity contribution in [3.05, 3.63) is 188 Å². The number of rotatable bonds is 4. The van der Waals surface area contributed by atoms with Crippen LogP contribution >= 0.6 is 11.3 Å². The van der Waals surface area contributed by atoms with Gasteiger partial charge in [-0.05, 0) is 73.6 Å². The summed E-state index contributed by atoms with van der Waals surface area (Å²) in [7, 11) is 0. The Labute approximate surface area is 347 Å². The van der Waals surface area contributed by atoms with Crippen LogP contribution in [-0.2, 0) is 0 Å². The van der Waals surface area contributed by atoms with E-state index in [1.54, 1.807) is 0 Å². The maximum absolute atomic E-state index is 5.46. The zero-order chi connectivity index (χ0) is 39.3. The van der Waals surface area contributed by atoms with Gasteiger partial charge in [-0.1, -0.05) is 158 Å². The van der Waals surface area contributed by atoms with Crippen LogP contribution < -0.4 is 0 Å². The lowest BCUT2D eigenvalue weighted by Crippen LogP contribution is -2.00. The van der Waals surface area contributed by atoms with Gasteiger partial charge in [0.05, 0.1) is 21.4 Å². The van der Waals surface area contributed by atoms with E-state index in [0.29, 0.717) is 17.5 Å². The van der Waals surface area contributed by atoms with Crippen LogP contribution in [0.5, 0.6) is 0 Å². The Kier molecular flexibility index (Phi) is 7.11. The highest BCUT2D eigenvalue weighted by Gasteiger charge is 2.21. The Hall–Kier alpha value is -7.80. The highest BCUT2D eigenvalue weighted by atomic mass is 32.1.